The maximum atomic E-state index is 3.66. The zero-order chi connectivity index (χ0) is 30.5. The number of rotatable bonds is 0. The van der Waals surface area contributed by atoms with Crippen LogP contribution in [0.5, 0.6) is 0 Å². The van der Waals surface area contributed by atoms with Crippen LogP contribution in [-0.2, 0) is 0 Å². The summed E-state index contributed by atoms with van der Waals surface area (Å²) >= 11 is 0. The van der Waals surface area contributed by atoms with Crippen molar-refractivity contribution in [1.82, 2.24) is 0 Å². The lowest BCUT2D eigenvalue weighted by Gasteiger charge is -2.14. The maximum Gasteiger partial charge on any atom is 0.0407 e. The topological polar surface area (TPSA) is 0 Å². The Morgan fingerprint density at radius 3 is 0.848 bits per heavy atom. The predicted molar refractivity (Wildman–Crippen MR) is 196 cm³/mol. The summed E-state index contributed by atoms with van der Waals surface area (Å²) in [6, 6.07) is 56.1. The molecule has 0 unspecified atom stereocenters. The molecule has 0 spiro atoms. The van der Waals surface area contributed by atoms with Gasteiger partial charge in [0.15, 0.2) is 0 Å². The van der Waals surface area contributed by atoms with Gasteiger partial charge in [0.2, 0.25) is 0 Å². The van der Waals surface area contributed by atoms with Crippen LogP contribution in [0.15, 0.2) is 158 Å². The van der Waals surface area contributed by atoms with Crippen molar-refractivity contribution in [2.24, 2.45) is 0 Å². The van der Waals surface area contributed by atoms with Gasteiger partial charge < -0.3 is 0 Å². The molecule has 9 rings (SSSR count). The van der Waals surface area contributed by atoms with Crippen LogP contribution in [0, 0.1) is 23.7 Å². The number of hydrogen-bond acceptors (Lipinski definition) is 0. The Labute approximate surface area is 267 Å². The second-order valence-electron chi connectivity index (χ2n) is 11.9. The SMILES string of the molecule is C(#Cc1c2cc3ccccc3cc2c(C#Cc2ccc3ccccc3c2)c2cc3ccccc3cc12)c1ccc2ccccc2c1. The van der Waals surface area contributed by atoms with Gasteiger partial charge in [0.1, 0.15) is 0 Å². The van der Waals surface area contributed by atoms with Gasteiger partial charge in [-0.2, -0.15) is 0 Å². The highest BCUT2D eigenvalue weighted by molar-refractivity contribution is 6.16. The molecule has 0 atom stereocenters. The Balaban J connectivity index is 1.36. The lowest BCUT2D eigenvalue weighted by molar-refractivity contribution is 1.68. The summed E-state index contributed by atoms with van der Waals surface area (Å²) in [5.41, 5.74) is 4.07. The molecule has 0 aliphatic carbocycles. The van der Waals surface area contributed by atoms with E-state index in [2.05, 4.69) is 181 Å². The van der Waals surface area contributed by atoms with Gasteiger partial charge in [-0.15, -0.1) is 0 Å². The third kappa shape index (κ3) is 4.53. The van der Waals surface area contributed by atoms with Gasteiger partial charge in [-0.05, 0) is 113 Å². The quantitative estimate of drug-likeness (QED) is 0.124. The van der Waals surface area contributed by atoms with Crippen LogP contribution in [0.2, 0.25) is 0 Å². The van der Waals surface area contributed by atoms with Crippen LogP contribution in [0.4, 0.5) is 0 Å². The molecule has 0 aliphatic rings. The largest absolute Gasteiger partial charge is 0.0616 e. The first-order chi connectivity index (χ1) is 22.8. The van der Waals surface area contributed by atoms with Gasteiger partial charge in [0.25, 0.3) is 0 Å². The van der Waals surface area contributed by atoms with Crippen molar-refractivity contribution >= 4 is 64.6 Å². The predicted octanol–water partition coefficient (Wildman–Crippen LogP) is 11.4. The summed E-state index contributed by atoms with van der Waals surface area (Å²) in [5, 5.41) is 14.1. The molecule has 0 heterocycles. The van der Waals surface area contributed by atoms with Crippen LogP contribution >= 0.6 is 0 Å². The standard InChI is InChI=1S/C46H26/c1-3-11-35-25-31(17-21-33(35)9-1)19-23-41-43-27-37-13-5-7-15-39(37)29-45(43)42(46-30-40-16-8-6-14-38(40)28-44(41)46)24-20-32-18-22-34-10-2-4-12-36(34)26-32/h1-18,21-22,25-30H. The number of benzene rings is 9. The Morgan fingerprint density at radius 2 is 0.522 bits per heavy atom. The minimum atomic E-state index is 1.00. The third-order valence-electron chi connectivity index (χ3n) is 9.01. The summed E-state index contributed by atoms with van der Waals surface area (Å²) in [6.45, 7) is 0. The highest BCUT2D eigenvalue weighted by atomic mass is 14.2. The van der Waals surface area contributed by atoms with Crippen molar-refractivity contribution in [1.29, 1.82) is 0 Å². The van der Waals surface area contributed by atoms with E-state index >= 15 is 0 Å². The van der Waals surface area contributed by atoms with Crippen molar-refractivity contribution in [2.75, 3.05) is 0 Å². The Hall–Kier alpha value is -6.34. The van der Waals surface area contributed by atoms with Gasteiger partial charge in [0.05, 0.1) is 0 Å². The van der Waals surface area contributed by atoms with E-state index in [0.717, 1.165) is 43.8 Å². The van der Waals surface area contributed by atoms with Crippen LogP contribution in [0.25, 0.3) is 64.6 Å². The van der Waals surface area contributed by atoms with Crippen molar-refractivity contribution in [3.63, 3.8) is 0 Å². The van der Waals surface area contributed by atoms with E-state index < -0.39 is 0 Å². The maximum absolute atomic E-state index is 3.66. The third-order valence-corrected chi connectivity index (χ3v) is 9.01. The van der Waals surface area contributed by atoms with Crippen LogP contribution < -0.4 is 0 Å². The molecule has 0 bridgehead atoms. The van der Waals surface area contributed by atoms with Crippen molar-refractivity contribution in [3.8, 4) is 23.7 Å². The van der Waals surface area contributed by atoms with Gasteiger partial charge in [-0.25, -0.2) is 0 Å². The monoisotopic (exact) mass is 578 g/mol. The first-order valence-electron chi connectivity index (χ1n) is 15.6. The van der Waals surface area contributed by atoms with E-state index in [0.29, 0.717) is 0 Å². The lowest BCUT2D eigenvalue weighted by Crippen LogP contribution is -1.92. The molecule has 0 amide bonds. The molecule has 0 aliphatic heterocycles. The zero-order valence-electron chi connectivity index (χ0n) is 25.0. The van der Waals surface area contributed by atoms with Gasteiger partial charge >= 0.3 is 0 Å². The molecule has 0 N–H and O–H groups in total. The van der Waals surface area contributed by atoms with Crippen molar-refractivity contribution < 1.29 is 0 Å². The molecule has 210 valence electrons. The summed E-state index contributed by atoms with van der Waals surface area (Å²) in [5.74, 6) is 14.4. The van der Waals surface area contributed by atoms with E-state index in [1.807, 2.05) is 0 Å². The molecule has 0 saturated heterocycles. The molecular weight excluding hydrogens is 553 g/mol. The van der Waals surface area contributed by atoms with Gasteiger partial charge in [-0.3, -0.25) is 0 Å². The molecule has 0 nitrogen and oxygen atoms in total. The summed E-state index contributed by atoms with van der Waals surface area (Å²) in [7, 11) is 0. The van der Waals surface area contributed by atoms with E-state index in [1.54, 1.807) is 0 Å². The molecular formula is C46H26. The zero-order valence-corrected chi connectivity index (χ0v) is 25.0. The fraction of sp³-hybridized carbons (Fsp3) is 0. The minimum absolute atomic E-state index is 1.00. The van der Waals surface area contributed by atoms with E-state index in [9.17, 15) is 0 Å². The second kappa shape index (κ2) is 10.7. The first kappa shape index (κ1) is 26.1. The van der Waals surface area contributed by atoms with E-state index in [4.69, 9.17) is 0 Å². The van der Waals surface area contributed by atoms with Crippen LogP contribution in [0.1, 0.15) is 22.3 Å². The fourth-order valence-corrected chi connectivity index (χ4v) is 6.67. The second-order valence-corrected chi connectivity index (χ2v) is 11.9. The minimum Gasteiger partial charge on any atom is -0.0616 e. The lowest BCUT2D eigenvalue weighted by atomic mass is 9.88. The molecule has 0 aromatic heterocycles. The van der Waals surface area contributed by atoms with E-state index in [-0.39, 0.29) is 0 Å². The first-order valence-corrected chi connectivity index (χ1v) is 15.6. The number of hydrogen-bond donors (Lipinski definition) is 0. The molecule has 0 radical (unpaired) electrons. The Bertz CT molecular complexity index is 2520. The van der Waals surface area contributed by atoms with Crippen LogP contribution in [0.3, 0.4) is 0 Å². The van der Waals surface area contributed by atoms with Gasteiger partial charge in [-0.1, -0.05) is 133 Å². The molecule has 9 aromatic carbocycles. The van der Waals surface area contributed by atoms with Crippen molar-refractivity contribution in [2.45, 2.75) is 0 Å². The van der Waals surface area contributed by atoms with Crippen molar-refractivity contribution in [3.05, 3.63) is 180 Å². The summed E-state index contributed by atoms with van der Waals surface area (Å²) in [4.78, 5) is 0. The molecule has 0 fully saturated rings. The Kier molecular flexibility index (Phi) is 6.06. The molecule has 46 heavy (non-hydrogen) atoms. The smallest absolute Gasteiger partial charge is 0.0407 e. The fourth-order valence-electron chi connectivity index (χ4n) is 6.67. The van der Waals surface area contributed by atoms with Gasteiger partial charge in [0, 0.05) is 22.3 Å². The average molecular weight is 579 g/mol. The number of fused-ring (bicyclic) bond motifs is 6. The highest BCUT2D eigenvalue weighted by Crippen LogP contribution is 2.37. The molecule has 0 saturated carbocycles. The molecule has 9 aromatic rings. The molecule has 0 heteroatoms. The summed E-state index contributed by atoms with van der Waals surface area (Å²) in [6.07, 6.45) is 0. The summed E-state index contributed by atoms with van der Waals surface area (Å²) < 4.78 is 0. The Morgan fingerprint density at radius 1 is 0.239 bits per heavy atom. The van der Waals surface area contributed by atoms with E-state index in [1.165, 1.54) is 43.1 Å². The highest BCUT2D eigenvalue weighted by Gasteiger charge is 2.14. The normalized spacial score (nSPS) is 11.1. The van der Waals surface area contributed by atoms with Crippen LogP contribution in [-0.4, -0.2) is 0 Å². The average Bonchev–Trinajstić information content (AvgIpc) is 3.11.